The van der Waals surface area contributed by atoms with E-state index in [1.807, 2.05) is 11.8 Å². The summed E-state index contributed by atoms with van der Waals surface area (Å²) in [5, 5.41) is 8.53. The SMILES string of the molecule is CO[C@@]1(C)CCN(CC(=O)O)C1. The molecular formula is C8H15NO3. The zero-order chi connectivity index (χ0) is 9.19. The van der Waals surface area contributed by atoms with Gasteiger partial charge in [0.1, 0.15) is 0 Å². The van der Waals surface area contributed by atoms with E-state index < -0.39 is 5.97 Å². The normalized spacial score (nSPS) is 30.8. The summed E-state index contributed by atoms with van der Waals surface area (Å²) in [7, 11) is 1.67. The molecule has 0 spiro atoms. The Kier molecular flexibility index (Phi) is 2.69. The van der Waals surface area contributed by atoms with Crippen LogP contribution < -0.4 is 0 Å². The van der Waals surface area contributed by atoms with E-state index in [4.69, 9.17) is 9.84 Å². The average molecular weight is 173 g/mol. The minimum atomic E-state index is -0.768. The van der Waals surface area contributed by atoms with E-state index in [1.54, 1.807) is 7.11 Å². The van der Waals surface area contributed by atoms with E-state index in [0.29, 0.717) is 0 Å². The molecule has 0 unspecified atom stereocenters. The van der Waals surface area contributed by atoms with Crippen molar-refractivity contribution in [2.75, 3.05) is 26.7 Å². The number of likely N-dealkylation sites (tertiary alicyclic amines) is 1. The Balaban J connectivity index is 2.40. The lowest BCUT2D eigenvalue weighted by atomic mass is 10.1. The quantitative estimate of drug-likeness (QED) is 0.661. The summed E-state index contributed by atoms with van der Waals surface area (Å²) >= 11 is 0. The zero-order valence-corrected chi connectivity index (χ0v) is 7.54. The Morgan fingerprint density at radius 3 is 2.83 bits per heavy atom. The number of hydrogen-bond donors (Lipinski definition) is 1. The molecule has 0 aromatic carbocycles. The van der Waals surface area contributed by atoms with Crippen molar-refractivity contribution in [3.63, 3.8) is 0 Å². The topological polar surface area (TPSA) is 49.8 Å². The van der Waals surface area contributed by atoms with Crippen LogP contribution in [-0.4, -0.2) is 48.3 Å². The Hall–Kier alpha value is -0.610. The van der Waals surface area contributed by atoms with Crippen LogP contribution in [0.1, 0.15) is 13.3 Å². The monoisotopic (exact) mass is 173 g/mol. The van der Waals surface area contributed by atoms with Gasteiger partial charge in [-0.1, -0.05) is 0 Å². The van der Waals surface area contributed by atoms with Crippen LogP contribution in [-0.2, 0) is 9.53 Å². The highest BCUT2D eigenvalue weighted by Crippen LogP contribution is 2.23. The molecule has 0 radical (unpaired) electrons. The van der Waals surface area contributed by atoms with Crippen LogP contribution in [0.4, 0.5) is 0 Å². The third-order valence-corrected chi connectivity index (χ3v) is 2.37. The second-order valence-corrected chi connectivity index (χ2v) is 3.51. The minimum Gasteiger partial charge on any atom is -0.480 e. The van der Waals surface area contributed by atoms with E-state index in [1.165, 1.54) is 0 Å². The highest BCUT2D eigenvalue weighted by molar-refractivity contribution is 5.69. The number of hydrogen-bond acceptors (Lipinski definition) is 3. The van der Waals surface area contributed by atoms with Crippen LogP contribution >= 0.6 is 0 Å². The van der Waals surface area contributed by atoms with E-state index in [9.17, 15) is 4.79 Å². The molecule has 0 aliphatic carbocycles. The minimum absolute atomic E-state index is 0.124. The third kappa shape index (κ3) is 2.19. The maximum Gasteiger partial charge on any atom is 0.317 e. The Labute approximate surface area is 72.1 Å². The molecular weight excluding hydrogens is 158 g/mol. The van der Waals surface area contributed by atoms with Gasteiger partial charge >= 0.3 is 5.97 Å². The highest BCUT2D eigenvalue weighted by Gasteiger charge is 2.34. The van der Waals surface area contributed by atoms with Gasteiger partial charge in [-0.25, -0.2) is 0 Å². The molecule has 4 heteroatoms. The van der Waals surface area contributed by atoms with Crippen molar-refractivity contribution >= 4 is 5.97 Å². The average Bonchev–Trinajstić information content (AvgIpc) is 2.32. The van der Waals surface area contributed by atoms with Crippen LogP contribution in [0.3, 0.4) is 0 Å². The van der Waals surface area contributed by atoms with Crippen LogP contribution in [0, 0.1) is 0 Å². The summed E-state index contributed by atoms with van der Waals surface area (Å²) < 4.78 is 5.28. The van der Waals surface area contributed by atoms with Gasteiger partial charge in [-0.05, 0) is 13.3 Å². The molecule has 1 heterocycles. The van der Waals surface area contributed by atoms with Crippen molar-refractivity contribution in [3.05, 3.63) is 0 Å². The molecule has 12 heavy (non-hydrogen) atoms. The molecule has 1 atom stereocenters. The fraction of sp³-hybridized carbons (Fsp3) is 0.875. The molecule has 1 N–H and O–H groups in total. The molecule has 1 aliphatic rings. The molecule has 0 saturated carbocycles. The number of carboxylic acids is 1. The number of carbonyl (C=O) groups is 1. The summed E-state index contributed by atoms with van der Waals surface area (Å²) in [4.78, 5) is 12.3. The van der Waals surface area contributed by atoms with Crippen LogP contribution in [0.25, 0.3) is 0 Å². The van der Waals surface area contributed by atoms with Crippen LogP contribution in [0.5, 0.6) is 0 Å². The van der Waals surface area contributed by atoms with Crippen molar-refractivity contribution in [1.82, 2.24) is 4.90 Å². The lowest BCUT2D eigenvalue weighted by Gasteiger charge is -2.22. The first kappa shape index (κ1) is 9.48. The van der Waals surface area contributed by atoms with Gasteiger partial charge in [0.15, 0.2) is 0 Å². The predicted molar refractivity (Wildman–Crippen MR) is 44.1 cm³/mol. The van der Waals surface area contributed by atoms with Crippen molar-refractivity contribution in [2.24, 2.45) is 0 Å². The largest absolute Gasteiger partial charge is 0.480 e. The van der Waals surface area contributed by atoms with Crippen molar-refractivity contribution in [3.8, 4) is 0 Å². The molecule has 1 aliphatic heterocycles. The standard InChI is InChI=1S/C8H15NO3/c1-8(12-2)3-4-9(6-8)5-7(10)11/h3-6H2,1-2H3,(H,10,11)/t8-/m0/s1. The predicted octanol–water partition coefficient (Wildman–Crippen LogP) is 0.182. The number of nitrogens with zero attached hydrogens (tertiary/aromatic N) is 1. The Bertz CT molecular complexity index is 183. The molecule has 4 nitrogen and oxygen atoms in total. The number of rotatable bonds is 3. The van der Waals surface area contributed by atoms with E-state index >= 15 is 0 Å². The second-order valence-electron chi connectivity index (χ2n) is 3.51. The lowest BCUT2D eigenvalue weighted by molar-refractivity contribution is -0.138. The zero-order valence-electron chi connectivity index (χ0n) is 7.54. The fourth-order valence-electron chi connectivity index (χ4n) is 1.52. The Morgan fingerprint density at radius 1 is 1.75 bits per heavy atom. The molecule has 70 valence electrons. The summed E-state index contributed by atoms with van der Waals surface area (Å²) in [6.07, 6.45) is 0.913. The van der Waals surface area contributed by atoms with Crippen molar-refractivity contribution in [2.45, 2.75) is 18.9 Å². The molecule has 1 rings (SSSR count). The van der Waals surface area contributed by atoms with Crippen molar-refractivity contribution < 1.29 is 14.6 Å². The molecule has 1 saturated heterocycles. The van der Waals surface area contributed by atoms with Gasteiger partial charge in [0.25, 0.3) is 0 Å². The van der Waals surface area contributed by atoms with Crippen molar-refractivity contribution in [1.29, 1.82) is 0 Å². The second kappa shape index (κ2) is 3.41. The molecule has 1 fully saturated rings. The maximum atomic E-state index is 10.4. The van der Waals surface area contributed by atoms with Gasteiger partial charge < -0.3 is 9.84 Å². The first-order valence-corrected chi connectivity index (χ1v) is 4.05. The fourth-order valence-corrected chi connectivity index (χ4v) is 1.52. The summed E-state index contributed by atoms with van der Waals surface area (Å²) in [5.41, 5.74) is -0.143. The number of carboxylic acid groups (broad SMARTS) is 1. The highest BCUT2D eigenvalue weighted by atomic mass is 16.5. The number of ether oxygens (including phenoxy) is 1. The van der Waals surface area contributed by atoms with Gasteiger partial charge in [0.2, 0.25) is 0 Å². The molecule has 0 aromatic heterocycles. The summed E-state index contributed by atoms with van der Waals surface area (Å²) in [6.45, 7) is 3.67. The molecule has 0 amide bonds. The van der Waals surface area contributed by atoms with Gasteiger partial charge in [0.05, 0.1) is 12.1 Å². The first-order chi connectivity index (χ1) is 5.56. The van der Waals surface area contributed by atoms with Gasteiger partial charge in [0, 0.05) is 20.2 Å². The van der Waals surface area contributed by atoms with Crippen LogP contribution in [0.2, 0.25) is 0 Å². The molecule has 0 bridgehead atoms. The third-order valence-electron chi connectivity index (χ3n) is 2.37. The summed E-state index contributed by atoms with van der Waals surface area (Å²) in [5.74, 6) is -0.768. The van der Waals surface area contributed by atoms with E-state index in [2.05, 4.69) is 0 Å². The van der Waals surface area contributed by atoms with E-state index in [-0.39, 0.29) is 12.1 Å². The maximum absolute atomic E-state index is 10.4. The lowest BCUT2D eigenvalue weighted by Crippen LogP contribution is -2.34. The first-order valence-electron chi connectivity index (χ1n) is 4.05. The summed E-state index contributed by atoms with van der Waals surface area (Å²) in [6, 6.07) is 0. The van der Waals surface area contributed by atoms with E-state index in [0.717, 1.165) is 19.5 Å². The molecule has 0 aromatic rings. The number of methoxy groups -OCH3 is 1. The van der Waals surface area contributed by atoms with Gasteiger partial charge in [-0.15, -0.1) is 0 Å². The Morgan fingerprint density at radius 2 is 2.42 bits per heavy atom. The number of aliphatic carboxylic acids is 1. The van der Waals surface area contributed by atoms with Gasteiger partial charge in [-0.3, -0.25) is 9.69 Å². The van der Waals surface area contributed by atoms with Crippen LogP contribution in [0.15, 0.2) is 0 Å². The van der Waals surface area contributed by atoms with Gasteiger partial charge in [-0.2, -0.15) is 0 Å². The smallest absolute Gasteiger partial charge is 0.317 e.